The quantitative estimate of drug-likeness (QED) is 0.776. The van der Waals surface area contributed by atoms with Crippen LogP contribution in [0.3, 0.4) is 0 Å². The molecule has 0 unspecified atom stereocenters. The summed E-state index contributed by atoms with van der Waals surface area (Å²) in [6.07, 6.45) is 5.52. The molecule has 1 saturated carbocycles. The molecule has 3 aliphatic rings. The Kier molecular flexibility index (Phi) is 3.57. The number of halogens is 1. The lowest BCUT2D eigenvalue weighted by Crippen LogP contribution is -2.30. The maximum Gasteiger partial charge on any atom is 0.358 e. The fraction of sp³-hybridized carbons (Fsp3) is 0.421. The Hall–Kier alpha value is -2.34. The number of hydrogen-bond donors (Lipinski definition) is 0. The number of aromatic nitrogens is 2. The van der Waals surface area contributed by atoms with Gasteiger partial charge in [-0.2, -0.15) is 0 Å². The summed E-state index contributed by atoms with van der Waals surface area (Å²) in [6.45, 7) is 1.09. The number of ether oxygens (including phenoxy) is 1. The number of hydrogen-bond acceptors (Lipinski definition) is 4. The molecule has 1 aromatic carbocycles. The summed E-state index contributed by atoms with van der Waals surface area (Å²) in [5.41, 5.74) is 2.18. The van der Waals surface area contributed by atoms with Gasteiger partial charge in [0.2, 0.25) is 0 Å². The third kappa shape index (κ3) is 2.35. The Labute approximate surface area is 155 Å². The predicted molar refractivity (Wildman–Crippen MR) is 94.6 cm³/mol. The normalized spacial score (nSPS) is 21.0. The topological polar surface area (TPSA) is 64.4 Å². The van der Waals surface area contributed by atoms with Crippen molar-refractivity contribution in [2.75, 3.05) is 13.2 Å². The summed E-state index contributed by atoms with van der Waals surface area (Å²) in [4.78, 5) is 31.9. The van der Waals surface area contributed by atoms with Crippen LogP contribution in [0, 0.1) is 5.92 Å². The Morgan fingerprint density at radius 2 is 2.15 bits per heavy atom. The zero-order valence-electron chi connectivity index (χ0n) is 14.2. The van der Waals surface area contributed by atoms with Gasteiger partial charge in [-0.05, 0) is 43.7 Å². The molecule has 0 spiro atoms. The van der Waals surface area contributed by atoms with E-state index in [0.717, 1.165) is 31.4 Å². The summed E-state index contributed by atoms with van der Waals surface area (Å²) < 4.78 is 7.30. The van der Waals surface area contributed by atoms with Crippen molar-refractivity contribution in [1.82, 2.24) is 14.5 Å². The lowest BCUT2D eigenvalue weighted by molar-refractivity contribution is 0.0473. The van der Waals surface area contributed by atoms with E-state index in [9.17, 15) is 9.59 Å². The van der Waals surface area contributed by atoms with E-state index in [2.05, 4.69) is 4.98 Å². The lowest BCUT2D eigenvalue weighted by atomic mass is 10.1. The Balaban J connectivity index is 1.64. The molecule has 7 heteroatoms. The Morgan fingerprint density at radius 3 is 2.96 bits per heavy atom. The van der Waals surface area contributed by atoms with E-state index in [-0.39, 0.29) is 11.9 Å². The maximum absolute atomic E-state index is 13.1. The van der Waals surface area contributed by atoms with Crippen LogP contribution in [-0.2, 0) is 4.74 Å². The fourth-order valence-corrected chi connectivity index (χ4v) is 4.19. The molecule has 1 aliphatic carbocycles. The number of carbonyl (C=O) groups is 2. The minimum Gasteiger partial charge on any atom is -0.461 e. The van der Waals surface area contributed by atoms with Crippen LogP contribution in [0.2, 0.25) is 5.02 Å². The molecule has 0 bridgehead atoms. The Morgan fingerprint density at radius 1 is 1.31 bits per heavy atom. The summed E-state index contributed by atoms with van der Waals surface area (Å²) in [5.74, 6) is -0.00576. The number of amides is 1. The summed E-state index contributed by atoms with van der Waals surface area (Å²) in [5, 5.41) is 0.414. The number of esters is 1. The van der Waals surface area contributed by atoms with Gasteiger partial charge in [-0.1, -0.05) is 17.7 Å². The third-order valence-corrected chi connectivity index (χ3v) is 5.75. The molecule has 3 heterocycles. The number of imidazole rings is 1. The molecule has 1 atom stereocenters. The number of carbonyl (C=O) groups excluding carboxylic acids is 2. The SMILES string of the molecule is O=C(OCC1CC1)c1ncn2c1[C@@H]1CCCN1C(=O)c1c(Cl)cccc1-2. The standard InChI is InChI=1S/C19H18ClN3O3/c20-12-3-1-4-13-15(12)18(24)22-8-2-5-14(22)17-16(21-10-23(13)17)19(25)26-9-11-6-7-11/h1,3-4,10-11,14H,2,5-9H2/t14-/m0/s1. The second-order valence-electron chi connectivity index (χ2n) is 7.18. The summed E-state index contributed by atoms with van der Waals surface area (Å²) >= 11 is 6.35. The van der Waals surface area contributed by atoms with Gasteiger partial charge in [-0.25, -0.2) is 9.78 Å². The van der Waals surface area contributed by atoms with Crippen molar-refractivity contribution in [3.8, 4) is 5.69 Å². The van der Waals surface area contributed by atoms with Gasteiger partial charge < -0.3 is 9.64 Å². The number of fused-ring (bicyclic) bond motifs is 5. The molecule has 0 radical (unpaired) electrons. The van der Waals surface area contributed by atoms with Crippen molar-refractivity contribution >= 4 is 23.5 Å². The van der Waals surface area contributed by atoms with E-state index >= 15 is 0 Å². The van der Waals surface area contributed by atoms with Gasteiger partial charge in [-0.15, -0.1) is 0 Å². The molecule has 2 aliphatic heterocycles. The highest BCUT2D eigenvalue weighted by molar-refractivity contribution is 6.34. The zero-order chi connectivity index (χ0) is 17.8. The van der Waals surface area contributed by atoms with Crippen molar-refractivity contribution in [1.29, 1.82) is 0 Å². The number of rotatable bonds is 3. The van der Waals surface area contributed by atoms with Gasteiger partial charge in [0.1, 0.15) is 6.33 Å². The van der Waals surface area contributed by atoms with Crippen LogP contribution >= 0.6 is 11.6 Å². The summed E-state index contributed by atoms with van der Waals surface area (Å²) in [6, 6.07) is 5.18. The number of benzene rings is 1. The van der Waals surface area contributed by atoms with Crippen LogP contribution in [0.15, 0.2) is 24.5 Å². The third-order valence-electron chi connectivity index (χ3n) is 5.44. The van der Waals surface area contributed by atoms with Crippen LogP contribution in [0.1, 0.15) is 58.3 Å². The van der Waals surface area contributed by atoms with Crippen molar-refractivity contribution in [3.63, 3.8) is 0 Å². The van der Waals surface area contributed by atoms with E-state index in [1.807, 2.05) is 15.5 Å². The molecule has 0 N–H and O–H groups in total. The van der Waals surface area contributed by atoms with E-state index in [4.69, 9.17) is 16.3 Å². The molecule has 1 aromatic heterocycles. The average molecular weight is 372 g/mol. The molecule has 1 saturated heterocycles. The van der Waals surface area contributed by atoms with E-state index in [1.165, 1.54) is 0 Å². The van der Waals surface area contributed by atoms with E-state index in [1.54, 1.807) is 18.5 Å². The summed E-state index contributed by atoms with van der Waals surface area (Å²) in [7, 11) is 0. The molecule has 26 heavy (non-hydrogen) atoms. The molecule has 134 valence electrons. The Bertz CT molecular complexity index is 919. The maximum atomic E-state index is 13.1. The molecular weight excluding hydrogens is 354 g/mol. The van der Waals surface area contributed by atoms with Gasteiger partial charge >= 0.3 is 5.97 Å². The second kappa shape index (κ2) is 5.84. The van der Waals surface area contributed by atoms with Crippen molar-refractivity contribution in [3.05, 3.63) is 46.5 Å². The van der Waals surface area contributed by atoms with Gasteiger partial charge in [0.05, 0.1) is 34.6 Å². The molecule has 5 rings (SSSR count). The average Bonchev–Trinajstić information content (AvgIpc) is 3.18. The van der Waals surface area contributed by atoms with Crippen LogP contribution < -0.4 is 0 Å². The van der Waals surface area contributed by atoms with Crippen molar-refractivity contribution < 1.29 is 14.3 Å². The van der Waals surface area contributed by atoms with Crippen LogP contribution in [-0.4, -0.2) is 39.5 Å². The first-order chi connectivity index (χ1) is 12.6. The lowest BCUT2D eigenvalue weighted by Gasteiger charge is -2.23. The molecular formula is C19H18ClN3O3. The minimum atomic E-state index is -0.407. The first kappa shape index (κ1) is 15.9. The molecule has 2 fully saturated rings. The van der Waals surface area contributed by atoms with Gasteiger partial charge in [-0.3, -0.25) is 9.36 Å². The van der Waals surface area contributed by atoms with Crippen molar-refractivity contribution in [2.45, 2.75) is 31.7 Å². The number of nitrogens with zero attached hydrogens (tertiary/aromatic N) is 3. The fourth-order valence-electron chi connectivity index (χ4n) is 3.93. The van der Waals surface area contributed by atoms with Crippen molar-refractivity contribution in [2.24, 2.45) is 5.92 Å². The van der Waals surface area contributed by atoms with Gasteiger partial charge in [0, 0.05) is 6.54 Å². The first-order valence-electron chi connectivity index (χ1n) is 8.99. The minimum absolute atomic E-state index is 0.0888. The van der Waals surface area contributed by atoms with Gasteiger partial charge in [0.25, 0.3) is 5.91 Å². The highest BCUT2D eigenvalue weighted by Crippen LogP contribution is 2.41. The molecule has 2 aromatic rings. The first-order valence-corrected chi connectivity index (χ1v) is 9.37. The monoisotopic (exact) mass is 371 g/mol. The second-order valence-corrected chi connectivity index (χ2v) is 7.59. The highest BCUT2D eigenvalue weighted by atomic mass is 35.5. The molecule has 1 amide bonds. The predicted octanol–water partition coefficient (Wildman–Crippen LogP) is 3.38. The molecule has 6 nitrogen and oxygen atoms in total. The van der Waals surface area contributed by atoms with E-state index in [0.29, 0.717) is 41.0 Å². The largest absolute Gasteiger partial charge is 0.461 e. The van der Waals surface area contributed by atoms with E-state index < -0.39 is 5.97 Å². The van der Waals surface area contributed by atoms with Gasteiger partial charge in [0.15, 0.2) is 5.69 Å². The smallest absolute Gasteiger partial charge is 0.358 e. The highest BCUT2D eigenvalue weighted by Gasteiger charge is 2.41. The zero-order valence-corrected chi connectivity index (χ0v) is 14.9. The van der Waals surface area contributed by atoms with Crippen LogP contribution in [0.5, 0.6) is 0 Å². The van der Waals surface area contributed by atoms with Crippen LogP contribution in [0.25, 0.3) is 5.69 Å². The van der Waals surface area contributed by atoms with Crippen LogP contribution in [0.4, 0.5) is 0 Å².